The van der Waals surface area contributed by atoms with Crippen molar-refractivity contribution in [1.82, 2.24) is 15.0 Å². The van der Waals surface area contributed by atoms with Crippen LogP contribution >= 0.6 is 0 Å². The molecule has 0 amide bonds. The van der Waals surface area contributed by atoms with E-state index in [0.717, 1.165) is 36.1 Å². The Kier molecular flexibility index (Phi) is 8.79. The molecule has 0 saturated heterocycles. The van der Waals surface area contributed by atoms with Crippen molar-refractivity contribution in [1.29, 1.82) is 0 Å². The van der Waals surface area contributed by atoms with Gasteiger partial charge in [0.1, 0.15) is 5.82 Å². The molecule has 0 radical (unpaired) electrons. The van der Waals surface area contributed by atoms with Crippen LogP contribution in [0.5, 0.6) is 0 Å². The van der Waals surface area contributed by atoms with Crippen LogP contribution < -0.4 is 5.73 Å². The smallest absolute Gasteiger partial charge is 0.475 e. The van der Waals surface area contributed by atoms with Gasteiger partial charge in [0, 0.05) is 24.4 Å². The van der Waals surface area contributed by atoms with Gasteiger partial charge in [0.25, 0.3) is 0 Å². The van der Waals surface area contributed by atoms with E-state index in [2.05, 4.69) is 28.2 Å². The summed E-state index contributed by atoms with van der Waals surface area (Å²) in [5, 5.41) is 14.2. The predicted octanol–water partition coefficient (Wildman–Crippen LogP) is 4.49. The highest BCUT2D eigenvalue weighted by molar-refractivity contribution is 5.82. The minimum atomic E-state index is -5.08. The van der Waals surface area contributed by atoms with E-state index in [1.807, 2.05) is 24.5 Å². The first kappa shape index (κ1) is 27.6. The number of carboxylic acids is 2. The summed E-state index contributed by atoms with van der Waals surface area (Å²) in [5.41, 5.74) is 10.5. The molecule has 3 aromatic rings. The summed E-state index contributed by atoms with van der Waals surface area (Å²) in [7, 11) is 0. The van der Waals surface area contributed by atoms with Crippen LogP contribution in [0.4, 0.5) is 26.3 Å². The number of carbonyl (C=O) groups is 2. The van der Waals surface area contributed by atoms with E-state index in [4.69, 9.17) is 30.5 Å². The predicted molar refractivity (Wildman–Crippen MR) is 111 cm³/mol. The molecule has 4 rings (SSSR count). The highest BCUT2D eigenvalue weighted by atomic mass is 19.4. The monoisotopic (exact) mass is 506 g/mol. The molecular formula is C21H20F6N4O4. The van der Waals surface area contributed by atoms with Gasteiger partial charge in [-0.05, 0) is 54.7 Å². The third-order valence-corrected chi connectivity index (χ3v) is 4.86. The van der Waals surface area contributed by atoms with Crippen molar-refractivity contribution in [3.63, 3.8) is 0 Å². The molecule has 1 aliphatic carbocycles. The van der Waals surface area contributed by atoms with Crippen molar-refractivity contribution in [2.45, 2.75) is 43.6 Å². The zero-order chi connectivity index (χ0) is 26.4. The molecule has 1 saturated carbocycles. The van der Waals surface area contributed by atoms with Crippen LogP contribution in [0.25, 0.3) is 22.2 Å². The third-order valence-electron chi connectivity index (χ3n) is 4.86. The fourth-order valence-corrected chi connectivity index (χ4v) is 3.21. The Balaban J connectivity index is 0.000000257. The lowest BCUT2D eigenvalue weighted by Gasteiger charge is -2.04. The Hall–Kier alpha value is -3.68. The standard InChI is InChI=1S/C17H18N4.2C2HF3O2/c18-14-3-1-13(9-14)17-20-15-4-2-12(10-16(15)21-17)11-5-7-19-8-6-11;2*3-2(4,5)1(6)7/h2,4-8,10,13-14H,1,3,9,18H2,(H,20,21);2*(H,6,7)/t13-,14+;;/m0../s1. The number of rotatable bonds is 2. The molecule has 2 heterocycles. The van der Waals surface area contributed by atoms with Gasteiger partial charge in [-0.3, -0.25) is 4.98 Å². The number of pyridine rings is 1. The number of hydrogen-bond acceptors (Lipinski definition) is 5. The van der Waals surface area contributed by atoms with Crippen LogP contribution in [0, 0.1) is 0 Å². The Labute approximate surface area is 193 Å². The number of aromatic amines is 1. The number of alkyl halides is 6. The summed E-state index contributed by atoms with van der Waals surface area (Å²) in [5.74, 6) is -3.94. The highest BCUT2D eigenvalue weighted by Crippen LogP contribution is 2.33. The lowest BCUT2D eigenvalue weighted by molar-refractivity contribution is -0.193. The fourth-order valence-electron chi connectivity index (χ4n) is 3.21. The van der Waals surface area contributed by atoms with E-state index in [1.54, 1.807) is 0 Å². The van der Waals surface area contributed by atoms with Crippen LogP contribution in [0.1, 0.15) is 31.0 Å². The van der Waals surface area contributed by atoms with Crippen LogP contribution in [0.3, 0.4) is 0 Å². The topological polar surface area (TPSA) is 142 Å². The van der Waals surface area contributed by atoms with Crippen molar-refractivity contribution in [2.24, 2.45) is 5.73 Å². The molecule has 2 atom stereocenters. The second-order valence-corrected chi connectivity index (χ2v) is 7.47. The average Bonchev–Trinajstić information content (AvgIpc) is 3.39. The molecule has 190 valence electrons. The maximum Gasteiger partial charge on any atom is 0.490 e. The number of benzene rings is 1. The van der Waals surface area contributed by atoms with Crippen molar-refractivity contribution in [3.05, 3.63) is 48.5 Å². The summed E-state index contributed by atoms with van der Waals surface area (Å²) < 4.78 is 63.5. The molecule has 0 bridgehead atoms. The lowest BCUT2D eigenvalue weighted by atomic mass is 10.1. The SMILES string of the molecule is N[C@@H]1CC[C@H](c2nc3ccc(-c4ccncc4)cc3[nH]2)C1.O=C(O)C(F)(F)F.O=C(O)C(F)(F)F. The maximum absolute atomic E-state index is 10.6. The molecule has 1 fully saturated rings. The molecular weight excluding hydrogens is 486 g/mol. The second kappa shape index (κ2) is 11.2. The minimum Gasteiger partial charge on any atom is -0.475 e. The van der Waals surface area contributed by atoms with Crippen LogP contribution in [0.15, 0.2) is 42.7 Å². The van der Waals surface area contributed by atoms with E-state index >= 15 is 0 Å². The fraction of sp³-hybridized carbons (Fsp3) is 0.333. The highest BCUT2D eigenvalue weighted by Gasteiger charge is 2.38. The molecule has 5 N–H and O–H groups in total. The number of halogens is 6. The number of fused-ring (bicyclic) bond motifs is 1. The van der Waals surface area contributed by atoms with Gasteiger partial charge < -0.3 is 20.9 Å². The molecule has 8 nitrogen and oxygen atoms in total. The summed E-state index contributed by atoms with van der Waals surface area (Å²) in [4.78, 5) is 30.1. The Morgan fingerprint density at radius 2 is 1.46 bits per heavy atom. The largest absolute Gasteiger partial charge is 0.490 e. The Morgan fingerprint density at radius 3 is 1.91 bits per heavy atom. The Morgan fingerprint density at radius 1 is 0.914 bits per heavy atom. The van der Waals surface area contributed by atoms with Gasteiger partial charge in [-0.25, -0.2) is 14.6 Å². The first-order chi connectivity index (χ1) is 16.2. The number of H-pyrrole nitrogens is 1. The van der Waals surface area contributed by atoms with Gasteiger partial charge in [-0.15, -0.1) is 0 Å². The normalized spacial score (nSPS) is 17.7. The van der Waals surface area contributed by atoms with Gasteiger partial charge in [0.2, 0.25) is 0 Å². The van der Waals surface area contributed by atoms with E-state index in [0.29, 0.717) is 12.0 Å². The number of aliphatic carboxylic acids is 2. The maximum atomic E-state index is 10.6. The summed E-state index contributed by atoms with van der Waals surface area (Å²) in [6, 6.07) is 10.7. The number of nitrogens with two attached hydrogens (primary N) is 1. The molecule has 14 heteroatoms. The Bertz CT molecular complexity index is 1120. The number of hydrogen-bond donors (Lipinski definition) is 4. The van der Waals surface area contributed by atoms with Crippen molar-refractivity contribution < 1.29 is 46.1 Å². The van der Waals surface area contributed by atoms with Crippen molar-refractivity contribution in [3.8, 4) is 11.1 Å². The summed E-state index contributed by atoms with van der Waals surface area (Å²) in [6.07, 6.45) is -3.26. The van der Waals surface area contributed by atoms with Gasteiger partial charge in [-0.2, -0.15) is 26.3 Å². The first-order valence-electron chi connectivity index (χ1n) is 9.94. The first-order valence-corrected chi connectivity index (χ1v) is 9.94. The molecule has 1 aliphatic rings. The minimum absolute atomic E-state index is 0.329. The quantitative estimate of drug-likeness (QED) is 0.375. The third kappa shape index (κ3) is 8.24. The average molecular weight is 506 g/mol. The zero-order valence-corrected chi connectivity index (χ0v) is 17.8. The molecule has 1 aromatic carbocycles. The number of nitrogens with zero attached hydrogens (tertiary/aromatic N) is 2. The van der Waals surface area contributed by atoms with E-state index in [-0.39, 0.29) is 0 Å². The number of imidazole rings is 1. The van der Waals surface area contributed by atoms with E-state index < -0.39 is 24.3 Å². The number of carboxylic acid groups (broad SMARTS) is 2. The van der Waals surface area contributed by atoms with Gasteiger partial charge in [-0.1, -0.05) is 6.07 Å². The lowest BCUT2D eigenvalue weighted by Crippen LogP contribution is -2.21. The van der Waals surface area contributed by atoms with Crippen molar-refractivity contribution >= 4 is 23.0 Å². The molecule has 0 unspecified atom stereocenters. The summed E-state index contributed by atoms with van der Waals surface area (Å²) in [6.45, 7) is 0. The molecule has 0 spiro atoms. The van der Waals surface area contributed by atoms with E-state index in [1.165, 1.54) is 11.1 Å². The van der Waals surface area contributed by atoms with Gasteiger partial charge in [0.05, 0.1) is 11.0 Å². The molecule has 35 heavy (non-hydrogen) atoms. The van der Waals surface area contributed by atoms with Crippen LogP contribution in [0.2, 0.25) is 0 Å². The number of aromatic nitrogens is 3. The molecule has 2 aromatic heterocycles. The zero-order valence-electron chi connectivity index (χ0n) is 17.8. The molecule has 0 aliphatic heterocycles. The second-order valence-electron chi connectivity index (χ2n) is 7.47. The van der Waals surface area contributed by atoms with Crippen LogP contribution in [-0.4, -0.2) is 55.5 Å². The van der Waals surface area contributed by atoms with E-state index in [9.17, 15) is 26.3 Å². The summed E-state index contributed by atoms with van der Waals surface area (Å²) >= 11 is 0. The number of nitrogens with one attached hydrogen (secondary N) is 1. The van der Waals surface area contributed by atoms with Gasteiger partial charge >= 0.3 is 24.3 Å². The van der Waals surface area contributed by atoms with Crippen molar-refractivity contribution in [2.75, 3.05) is 0 Å². The van der Waals surface area contributed by atoms with Gasteiger partial charge in [0.15, 0.2) is 0 Å². The van der Waals surface area contributed by atoms with Crippen LogP contribution in [-0.2, 0) is 9.59 Å².